The van der Waals surface area contributed by atoms with Crippen molar-refractivity contribution in [1.82, 2.24) is 5.32 Å². The Morgan fingerprint density at radius 3 is 2.68 bits per heavy atom. The van der Waals surface area contributed by atoms with E-state index in [0.29, 0.717) is 23.7 Å². The van der Waals surface area contributed by atoms with Crippen molar-refractivity contribution in [1.29, 1.82) is 5.26 Å². The highest BCUT2D eigenvalue weighted by Crippen LogP contribution is 2.17. The second-order valence-corrected chi connectivity index (χ2v) is 4.24. The van der Waals surface area contributed by atoms with Crippen LogP contribution in [0, 0.1) is 11.3 Å². The summed E-state index contributed by atoms with van der Waals surface area (Å²) in [5.74, 6) is 0. The Kier molecular flexibility index (Phi) is 7.16. The van der Waals surface area contributed by atoms with E-state index in [9.17, 15) is 0 Å². The third-order valence-electron chi connectivity index (χ3n) is 2.53. The predicted molar refractivity (Wildman–Crippen MR) is 75.7 cm³/mol. The fourth-order valence-corrected chi connectivity index (χ4v) is 1.68. The number of hydrogen-bond donors (Lipinski definition) is 1. The van der Waals surface area contributed by atoms with E-state index in [1.807, 2.05) is 18.2 Å². The summed E-state index contributed by atoms with van der Waals surface area (Å²) < 4.78 is 10.1. The van der Waals surface area contributed by atoms with Crippen LogP contribution < -0.4 is 5.32 Å². The van der Waals surface area contributed by atoms with E-state index in [-0.39, 0.29) is 6.29 Å². The summed E-state index contributed by atoms with van der Waals surface area (Å²) in [5.41, 5.74) is 1.43. The van der Waals surface area contributed by atoms with E-state index >= 15 is 0 Å². The molecule has 0 heterocycles. The lowest BCUT2D eigenvalue weighted by atomic mass is 10.1. The van der Waals surface area contributed by atoms with Gasteiger partial charge in [0.25, 0.3) is 0 Å². The minimum absolute atomic E-state index is 0.319. The number of rotatable bonds is 7. The zero-order valence-electron chi connectivity index (χ0n) is 11.0. The van der Waals surface area contributed by atoms with Gasteiger partial charge in [-0.05, 0) is 17.7 Å². The van der Waals surface area contributed by atoms with Crippen molar-refractivity contribution in [3.63, 3.8) is 0 Å². The van der Waals surface area contributed by atoms with E-state index in [0.717, 1.165) is 5.56 Å². The van der Waals surface area contributed by atoms with Crippen molar-refractivity contribution < 1.29 is 9.47 Å². The van der Waals surface area contributed by atoms with Crippen LogP contribution in [-0.4, -0.2) is 33.6 Å². The maximum Gasteiger partial charge on any atom is 0.169 e. The maximum absolute atomic E-state index is 9.09. The SMILES string of the molecule is COC(CNC/C(C#N)=C\c1ccccc1Cl)OC. The molecule has 0 aliphatic heterocycles. The highest BCUT2D eigenvalue weighted by atomic mass is 35.5. The van der Waals surface area contributed by atoms with Gasteiger partial charge in [-0.15, -0.1) is 0 Å². The Balaban J connectivity index is 2.60. The molecule has 1 aromatic carbocycles. The largest absolute Gasteiger partial charge is 0.355 e. The average Bonchev–Trinajstić information content (AvgIpc) is 2.44. The van der Waals surface area contributed by atoms with Crippen LogP contribution in [0.5, 0.6) is 0 Å². The molecule has 0 fully saturated rings. The van der Waals surface area contributed by atoms with Crippen LogP contribution in [0.15, 0.2) is 29.8 Å². The third kappa shape index (κ3) is 5.41. The highest BCUT2D eigenvalue weighted by Gasteiger charge is 2.05. The second-order valence-electron chi connectivity index (χ2n) is 3.83. The minimum atomic E-state index is -0.319. The molecule has 1 aromatic rings. The molecule has 0 atom stereocenters. The fourth-order valence-electron chi connectivity index (χ4n) is 1.49. The van der Waals surface area contributed by atoms with Gasteiger partial charge >= 0.3 is 0 Å². The molecule has 0 bridgehead atoms. The molecule has 102 valence electrons. The van der Waals surface area contributed by atoms with Crippen LogP contribution >= 0.6 is 11.6 Å². The first-order valence-electron chi connectivity index (χ1n) is 5.82. The molecule has 0 saturated heterocycles. The van der Waals surface area contributed by atoms with Crippen LogP contribution in [0.4, 0.5) is 0 Å². The first kappa shape index (κ1) is 15.7. The van der Waals surface area contributed by atoms with Crippen molar-refractivity contribution in [2.45, 2.75) is 6.29 Å². The molecule has 0 aliphatic rings. The lowest BCUT2D eigenvalue weighted by Crippen LogP contribution is -2.30. The zero-order chi connectivity index (χ0) is 14.1. The second kappa shape index (κ2) is 8.68. The molecule has 1 rings (SSSR count). The van der Waals surface area contributed by atoms with Crippen molar-refractivity contribution in [2.75, 3.05) is 27.3 Å². The number of halogens is 1. The van der Waals surface area contributed by atoms with E-state index in [2.05, 4.69) is 11.4 Å². The van der Waals surface area contributed by atoms with Gasteiger partial charge in [-0.3, -0.25) is 0 Å². The molecule has 1 N–H and O–H groups in total. The molecule has 0 radical (unpaired) electrons. The van der Waals surface area contributed by atoms with Gasteiger partial charge in [-0.2, -0.15) is 5.26 Å². The van der Waals surface area contributed by atoms with E-state index in [4.69, 9.17) is 26.3 Å². The number of hydrogen-bond acceptors (Lipinski definition) is 4. The Hall–Kier alpha value is -1.38. The lowest BCUT2D eigenvalue weighted by Gasteiger charge is -2.13. The zero-order valence-corrected chi connectivity index (χ0v) is 11.8. The molecule has 5 heteroatoms. The number of nitriles is 1. The molecule has 0 aromatic heterocycles. The summed E-state index contributed by atoms with van der Waals surface area (Å²) in [6.45, 7) is 0.944. The Morgan fingerprint density at radius 1 is 1.42 bits per heavy atom. The Bertz CT molecular complexity index is 465. The van der Waals surface area contributed by atoms with Crippen molar-refractivity contribution in [3.05, 3.63) is 40.4 Å². The van der Waals surface area contributed by atoms with E-state index < -0.39 is 0 Å². The average molecular weight is 281 g/mol. The summed E-state index contributed by atoms with van der Waals surface area (Å²) >= 11 is 6.04. The molecule has 19 heavy (non-hydrogen) atoms. The van der Waals surface area contributed by atoms with Crippen molar-refractivity contribution in [2.24, 2.45) is 0 Å². The van der Waals surface area contributed by atoms with Gasteiger partial charge in [-0.25, -0.2) is 0 Å². The standard InChI is InChI=1S/C14H17ClN2O2/c1-18-14(19-2)10-17-9-11(8-16)7-12-5-3-4-6-13(12)15/h3-7,14,17H,9-10H2,1-2H3/b11-7-. The number of ether oxygens (including phenoxy) is 2. The maximum atomic E-state index is 9.09. The van der Waals surface area contributed by atoms with E-state index in [1.54, 1.807) is 26.4 Å². The van der Waals surface area contributed by atoms with Crippen molar-refractivity contribution >= 4 is 17.7 Å². The smallest absolute Gasteiger partial charge is 0.169 e. The summed E-state index contributed by atoms with van der Waals surface area (Å²) in [7, 11) is 3.14. The summed E-state index contributed by atoms with van der Waals surface area (Å²) in [5, 5.41) is 12.8. The monoisotopic (exact) mass is 280 g/mol. The van der Waals surface area contributed by atoms with Crippen LogP contribution in [0.3, 0.4) is 0 Å². The molecule has 0 unspecified atom stereocenters. The topological polar surface area (TPSA) is 54.3 Å². The number of nitrogens with one attached hydrogen (secondary N) is 1. The van der Waals surface area contributed by atoms with Crippen LogP contribution in [0.1, 0.15) is 5.56 Å². The van der Waals surface area contributed by atoms with Gasteiger partial charge < -0.3 is 14.8 Å². The molecule has 4 nitrogen and oxygen atoms in total. The van der Waals surface area contributed by atoms with Gasteiger partial charge in [0.05, 0.1) is 6.07 Å². The Morgan fingerprint density at radius 2 is 2.11 bits per heavy atom. The summed E-state index contributed by atoms with van der Waals surface area (Å²) in [6.07, 6.45) is 1.45. The number of nitrogens with zero attached hydrogens (tertiary/aromatic N) is 1. The number of benzene rings is 1. The minimum Gasteiger partial charge on any atom is -0.355 e. The number of methoxy groups -OCH3 is 2. The highest BCUT2D eigenvalue weighted by molar-refractivity contribution is 6.32. The van der Waals surface area contributed by atoms with E-state index in [1.165, 1.54) is 0 Å². The van der Waals surface area contributed by atoms with Gasteiger partial charge in [0.15, 0.2) is 6.29 Å². The first-order valence-corrected chi connectivity index (χ1v) is 6.20. The molecular weight excluding hydrogens is 264 g/mol. The summed E-state index contributed by atoms with van der Waals surface area (Å²) in [6, 6.07) is 9.54. The first-order chi connectivity index (χ1) is 9.21. The third-order valence-corrected chi connectivity index (χ3v) is 2.88. The van der Waals surface area contributed by atoms with Crippen LogP contribution in [0.25, 0.3) is 6.08 Å². The van der Waals surface area contributed by atoms with Gasteiger partial charge in [-0.1, -0.05) is 29.8 Å². The summed E-state index contributed by atoms with van der Waals surface area (Å²) in [4.78, 5) is 0. The quantitative estimate of drug-likeness (QED) is 0.616. The molecule has 0 saturated carbocycles. The Labute approximate surface area is 118 Å². The molecule has 0 spiro atoms. The normalized spacial score (nSPS) is 11.6. The predicted octanol–water partition coefficient (Wildman–Crippen LogP) is 2.46. The molecular formula is C14H17ClN2O2. The van der Waals surface area contributed by atoms with Crippen molar-refractivity contribution in [3.8, 4) is 6.07 Å². The van der Waals surface area contributed by atoms with Gasteiger partial charge in [0, 0.05) is 37.9 Å². The lowest BCUT2D eigenvalue weighted by molar-refractivity contribution is -0.0983. The van der Waals surface area contributed by atoms with Gasteiger partial charge in [0.2, 0.25) is 0 Å². The molecule has 0 amide bonds. The fraction of sp³-hybridized carbons (Fsp3) is 0.357. The van der Waals surface area contributed by atoms with Gasteiger partial charge in [0.1, 0.15) is 0 Å². The van der Waals surface area contributed by atoms with Crippen LogP contribution in [-0.2, 0) is 9.47 Å². The molecule has 0 aliphatic carbocycles. The van der Waals surface area contributed by atoms with Crippen LogP contribution in [0.2, 0.25) is 5.02 Å².